The number of aromatic hydroxyl groups is 1. The van der Waals surface area contributed by atoms with Gasteiger partial charge in [-0.1, -0.05) is 17.3 Å². The van der Waals surface area contributed by atoms with Crippen molar-refractivity contribution in [3.05, 3.63) is 35.7 Å². The Morgan fingerprint density at radius 2 is 2.12 bits per heavy atom. The van der Waals surface area contributed by atoms with Gasteiger partial charge in [0.05, 0.1) is 5.69 Å². The summed E-state index contributed by atoms with van der Waals surface area (Å²) in [4.78, 5) is 10.9. The average molecular weight is 229 g/mol. The zero-order valence-corrected chi connectivity index (χ0v) is 9.08. The summed E-state index contributed by atoms with van der Waals surface area (Å²) in [5.74, 6) is 0.474. The van der Waals surface area contributed by atoms with Crippen LogP contribution in [-0.4, -0.2) is 26.4 Å². The highest BCUT2D eigenvalue weighted by Gasteiger charge is 2.32. The van der Waals surface area contributed by atoms with E-state index < -0.39 is 0 Å². The molecule has 1 aromatic heterocycles. The number of aromatic nitrogens is 3. The summed E-state index contributed by atoms with van der Waals surface area (Å²) in [7, 11) is 0. The molecule has 5 nitrogen and oxygen atoms in total. The Morgan fingerprint density at radius 3 is 2.76 bits per heavy atom. The number of benzene rings is 1. The van der Waals surface area contributed by atoms with Crippen LogP contribution in [0.1, 0.15) is 34.9 Å². The summed E-state index contributed by atoms with van der Waals surface area (Å²) >= 11 is 0. The summed E-state index contributed by atoms with van der Waals surface area (Å²) in [6.07, 6.45) is 2.81. The number of para-hydroxylation sites is 2. The Kier molecular flexibility index (Phi) is 2.18. The number of carbonyl (C=O) groups excluding carboxylic acids is 1. The number of phenols is 1. The highest BCUT2D eigenvalue weighted by atomic mass is 16.3. The van der Waals surface area contributed by atoms with Crippen LogP contribution in [0.3, 0.4) is 0 Å². The van der Waals surface area contributed by atoms with Crippen LogP contribution in [0.25, 0.3) is 5.69 Å². The molecule has 86 valence electrons. The van der Waals surface area contributed by atoms with E-state index in [0.29, 0.717) is 17.3 Å². The fourth-order valence-corrected chi connectivity index (χ4v) is 1.94. The van der Waals surface area contributed by atoms with E-state index >= 15 is 0 Å². The summed E-state index contributed by atoms with van der Waals surface area (Å²) < 4.78 is 1.57. The maximum atomic E-state index is 10.9. The molecule has 17 heavy (non-hydrogen) atoms. The Balaban J connectivity index is 2.18. The van der Waals surface area contributed by atoms with Crippen molar-refractivity contribution >= 4 is 6.29 Å². The third-order valence-electron chi connectivity index (χ3n) is 2.92. The zero-order valence-electron chi connectivity index (χ0n) is 9.08. The lowest BCUT2D eigenvalue weighted by Crippen LogP contribution is -2.02. The molecule has 1 saturated carbocycles. The van der Waals surface area contributed by atoms with E-state index in [1.165, 1.54) is 0 Å². The lowest BCUT2D eigenvalue weighted by molar-refractivity contribution is 0.111. The number of hydrogen-bond donors (Lipinski definition) is 1. The van der Waals surface area contributed by atoms with E-state index in [9.17, 15) is 9.90 Å². The second-order valence-electron chi connectivity index (χ2n) is 4.15. The summed E-state index contributed by atoms with van der Waals surface area (Å²) in [5.41, 5.74) is 1.74. The van der Waals surface area contributed by atoms with Gasteiger partial charge < -0.3 is 5.11 Å². The highest BCUT2D eigenvalue weighted by molar-refractivity contribution is 5.74. The first-order valence-corrected chi connectivity index (χ1v) is 5.50. The average Bonchev–Trinajstić information content (AvgIpc) is 3.10. The predicted octanol–water partition coefficient (Wildman–Crippen LogP) is 1.66. The van der Waals surface area contributed by atoms with E-state index in [2.05, 4.69) is 10.3 Å². The van der Waals surface area contributed by atoms with Crippen LogP contribution >= 0.6 is 0 Å². The van der Waals surface area contributed by atoms with Gasteiger partial charge in [0.15, 0.2) is 6.29 Å². The number of aldehydes is 1. The van der Waals surface area contributed by atoms with Crippen LogP contribution in [0.15, 0.2) is 24.3 Å². The van der Waals surface area contributed by atoms with Gasteiger partial charge >= 0.3 is 0 Å². The maximum Gasteiger partial charge on any atom is 0.172 e. The van der Waals surface area contributed by atoms with Gasteiger partial charge in [0, 0.05) is 5.92 Å². The SMILES string of the molecule is O=Cc1nnn(-c2ccccc2O)c1C1CC1. The van der Waals surface area contributed by atoms with Gasteiger partial charge in [0.2, 0.25) is 0 Å². The number of carbonyl (C=O) groups is 1. The molecule has 1 aliphatic carbocycles. The first kappa shape index (κ1) is 10.0. The Labute approximate surface area is 97.7 Å². The molecule has 0 unspecified atom stereocenters. The normalized spacial score (nSPS) is 14.8. The topological polar surface area (TPSA) is 68.0 Å². The molecular weight excluding hydrogens is 218 g/mol. The van der Waals surface area contributed by atoms with Crippen molar-refractivity contribution in [1.82, 2.24) is 15.0 Å². The van der Waals surface area contributed by atoms with Gasteiger partial charge in [0.1, 0.15) is 17.1 Å². The first-order chi connectivity index (χ1) is 8.31. The standard InChI is InChI=1S/C12H11N3O2/c16-7-9-12(8-5-6-8)15(14-13-9)10-3-1-2-4-11(10)17/h1-4,7-8,17H,5-6H2. The summed E-state index contributed by atoms with van der Waals surface area (Å²) in [6, 6.07) is 6.90. The van der Waals surface area contributed by atoms with E-state index in [1.807, 2.05) is 6.07 Å². The van der Waals surface area contributed by atoms with Crippen LogP contribution in [0, 0.1) is 0 Å². The number of nitrogens with zero attached hydrogens (tertiary/aromatic N) is 3. The predicted molar refractivity (Wildman–Crippen MR) is 60.4 cm³/mol. The summed E-state index contributed by atoms with van der Waals surface area (Å²) in [5, 5.41) is 17.6. The fourth-order valence-electron chi connectivity index (χ4n) is 1.94. The molecule has 1 N–H and O–H groups in total. The Bertz CT molecular complexity index is 573. The zero-order chi connectivity index (χ0) is 11.8. The van der Waals surface area contributed by atoms with Crippen molar-refractivity contribution in [3.8, 4) is 11.4 Å². The second kappa shape index (κ2) is 3.69. The Morgan fingerprint density at radius 1 is 1.35 bits per heavy atom. The monoisotopic (exact) mass is 229 g/mol. The molecule has 1 heterocycles. The molecule has 0 aliphatic heterocycles. The van der Waals surface area contributed by atoms with Crippen LogP contribution in [-0.2, 0) is 0 Å². The highest BCUT2D eigenvalue weighted by Crippen LogP contribution is 2.42. The van der Waals surface area contributed by atoms with E-state index in [-0.39, 0.29) is 5.75 Å². The lowest BCUT2D eigenvalue weighted by Gasteiger charge is -2.07. The number of hydrogen-bond acceptors (Lipinski definition) is 4. The molecule has 2 aromatic rings. The van der Waals surface area contributed by atoms with Gasteiger partial charge in [-0.3, -0.25) is 4.79 Å². The van der Waals surface area contributed by atoms with E-state index in [4.69, 9.17) is 0 Å². The minimum Gasteiger partial charge on any atom is -0.506 e. The molecule has 0 amide bonds. The number of rotatable bonds is 3. The van der Waals surface area contributed by atoms with E-state index in [1.54, 1.807) is 22.9 Å². The second-order valence-corrected chi connectivity index (χ2v) is 4.15. The molecule has 3 rings (SSSR count). The third kappa shape index (κ3) is 1.60. The van der Waals surface area contributed by atoms with Crippen molar-refractivity contribution in [3.63, 3.8) is 0 Å². The number of phenolic OH excluding ortho intramolecular Hbond substituents is 1. The molecule has 0 bridgehead atoms. The van der Waals surface area contributed by atoms with Crippen molar-refractivity contribution in [2.24, 2.45) is 0 Å². The van der Waals surface area contributed by atoms with Crippen LogP contribution < -0.4 is 0 Å². The van der Waals surface area contributed by atoms with Gasteiger partial charge in [-0.25, -0.2) is 4.68 Å². The third-order valence-corrected chi connectivity index (χ3v) is 2.92. The van der Waals surface area contributed by atoms with Gasteiger partial charge in [-0.2, -0.15) is 0 Å². The minimum atomic E-state index is 0.136. The van der Waals surface area contributed by atoms with Crippen molar-refractivity contribution in [2.45, 2.75) is 18.8 Å². The van der Waals surface area contributed by atoms with Gasteiger partial charge in [-0.05, 0) is 25.0 Å². The van der Waals surface area contributed by atoms with Crippen molar-refractivity contribution in [2.75, 3.05) is 0 Å². The molecule has 0 atom stereocenters. The molecule has 0 saturated heterocycles. The maximum absolute atomic E-state index is 10.9. The van der Waals surface area contributed by atoms with Crippen LogP contribution in [0.5, 0.6) is 5.75 Å². The Hall–Kier alpha value is -2.17. The molecule has 0 spiro atoms. The largest absolute Gasteiger partial charge is 0.506 e. The van der Waals surface area contributed by atoms with Crippen molar-refractivity contribution < 1.29 is 9.90 Å². The first-order valence-electron chi connectivity index (χ1n) is 5.50. The quantitative estimate of drug-likeness (QED) is 0.813. The van der Waals surface area contributed by atoms with Crippen LogP contribution in [0.4, 0.5) is 0 Å². The smallest absolute Gasteiger partial charge is 0.172 e. The molecular formula is C12H11N3O2. The minimum absolute atomic E-state index is 0.136. The molecule has 1 aliphatic rings. The van der Waals surface area contributed by atoms with Crippen molar-refractivity contribution in [1.29, 1.82) is 0 Å². The van der Waals surface area contributed by atoms with E-state index in [0.717, 1.165) is 24.8 Å². The molecule has 0 radical (unpaired) electrons. The molecule has 1 aromatic carbocycles. The van der Waals surface area contributed by atoms with Gasteiger partial charge in [-0.15, -0.1) is 5.10 Å². The fraction of sp³-hybridized carbons (Fsp3) is 0.250. The summed E-state index contributed by atoms with van der Waals surface area (Å²) in [6.45, 7) is 0. The van der Waals surface area contributed by atoms with Crippen LogP contribution in [0.2, 0.25) is 0 Å². The lowest BCUT2D eigenvalue weighted by atomic mass is 10.2. The molecule has 1 fully saturated rings. The molecule has 5 heteroatoms. The van der Waals surface area contributed by atoms with Gasteiger partial charge in [0.25, 0.3) is 0 Å².